The number of nitrogens with one attached hydrogen (secondary N) is 2. The summed E-state index contributed by atoms with van der Waals surface area (Å²) in [6, 6.07) is 23.1. The van der Waals surface area contributed by atoms with Crippen molar-refractivity contribution in [2.24, 2.45) is 0 Å². The summed E-state index contributed by atoms with van der Waals surface area (Å²) >= 11 is 0. The van der Waals surface area contributed by atoms with Crippen LogP contribution in [0.1, 0.15) is 12.5 Å². The molecule has 0 atom stereocenters. The second-order valence-electron chi connectivity index (χ2n) is 6.24. The van der Waals surface area contributed by atoms with Gasteiger partial charge >= 0.3 is 0 Å². The van der Waals surface area contributed by atoms with Crippen LogP contribution in [-0.4, -0.2) is 19.6 Å². The van der Waals surface area contributed by atoms with E-state index in [1.165, 1.54) is 5.56 Å². The van der Waals surface area contributed by atoms with Gasteiger partial charge in [0, 0.05) is 17.1 Å². The predicted octanol–water partition coefficient (Wildman–Crippen LogP) is 5.02. The fourth-order valence-electron chi connectivity index (χ4n) is 2.71. The van der Waals surface area contributed by atoms with Crippen molar-refractivity contribution >= 4 is 23.0 Å². The molecule has 5 nitrogen and oxygen atoms in total. The maximum Gasteiger partial charge on any atom is 0.262 e. The lowest BCUT2D eigenvalue weighted by molar-refractivity contribution is -0.118. The van der Waals surface area contributed by atoms with E-state index in [0.29, 0.717) is 17.2 Å². The highest BCUT2D eigenvalue weighted by Crippen LogP contribution is 2.25. The molecule has 0 spiro atoms. The third-order valence-electron chi connectivity index (χ3n) is 4.25. The van der Waals surface area contributed by atoms with Gasteiger partial charge in [0.2, 0.25) is 0 Å². The van der Waals surface area contributed by atoms with Gasteiger partial charge in [-0.1, -0.05) is 31.2 Å². The molecule has 3 aromatic rings. The molecule has 0 unspecified atom stereocenters. The summed E-state index contributed by atoms with van der Waals surface area (Å²) < 4.78 is 10.7. The maximum absolute atomic E-state index is 12.1. The normalized spacial score (nSPS) is 10.2. The molecule has 3 aromatic carbocycles. The summed E-state index contributed by atoms with van der Waals surface area (Å²) in [6.07, 6.45) is 1.02. The lowest BCUT2D eigenvalue weighted by atomic mass is 10.1. The minimum Gasteiger partial charge on any atom is -0.493 e. The number of para-hydroxylation sites is 2. The van der Waals surface area contributed by atoms with E-state index in [0.717, 1.165) is 17.8 Å². The van der Waals surface area contributed by atoms with Crippen molar-refractivity contribution in [2.75, 3.05) is 24.4 Å². The van der Waals surface area contributed by atoms with Gasteiger partial charge in [0.15, 0.2) is 18.1 Å². The van der Waals surface area contributed by atoms with Crippen LogP contribution in [-0.2, 0) is 11.2 Å². The number of hydrogen-bond acceptors (Lipinski definition) is 4. The van der Waals surface area contributed by atoms with E-state index in [1.807, 2.05) is 36.4 Å². The van der Waals surface area contributed by atoms with Crippen molar-refractivity contribution in [3.63, 3.8) is 0 Å². The van der Waals surface area contributed by atoms with E-state index in [9.17, 15) is 4.79 Å². The summed E-state index contributed by atoms with van der Waals surface area (Å²) in [5.74, 6) is 0.897. The Morgan fingerprint density at radius 2 is 1.39 bits per heavy atom. The molecule has 0 bridgehead atoms. The van der Waals surface area contributed by atoms with Crippen LogP contribution in [0, 0.1) is 0 Å². The topological polar surface area (TPSA) is 59.6 Å². The van der Waals surface area contributed by atoms with Gasteiger partial charge in [-0.3, -0.25) is 4.79 Å². The van der Waals surface area contributed by atoms with Gasteiger partial charge in [-0.05, 0) is 60.5 Å². The van der Waals surface area contributed by atoms with Crippen LogP contribution < -0.4 is 20.1 Å². The summed E-state index contributed by atoms with van der Waals surface area (Å²) in [4.78, 5) is 12.1. The molecule has 1 amide bonds. The van der Waals surface area contributed by atoms with E-state index in [-0.39, 0.29) is 12.5 Å². The van der Waals surface area contributed by atoms with Crippen LogP contribution in [0.15, 0.2) is 72.8 Å². The molecule has 3 rings (SSSR count). The summed E-state index contributed by atoms with van der Waals surface area (Å²) in [6.45, 7) is 2.04. The lowest BCUT2D eigenvalue weighted by Gasteiger charge is -2.11. The SMILES string of the molecule is CCc1ccc(Nc2ccc(NC(=O)COc3ccccc3OC)cc2)cc1. The number of anilines is 3. The number of amides is 1. The van der Waals surface area contributed by atoms with Crippen LogP contribution in [0.4, 0.5) is 17.1 Å². The molecule has 0 saturated carbocycles. The molecule has 0 fully saturated rings. The molecule has 0 aliphatic carbocycles. The zero-order valence-corrected chi connectivity index (χ0v) is 16.1. The Bertz CT molecular complexity index is 906. The van der Waals surface area contributed by atoms with Crippen LogP contribution in [0.5, 0.6) is 11.5 Å². The number of ether oxygens (including phenoxy) is 2. The van der Waals surface area contributed by atoms with E-state index in [4.69, 9.17) is 9.47 Å². The first kappa shape index (κ1) is 19.3. The lowest BCUT2D eigenvalue weighted by Crippen LogP contribution is -2.20. The van der Waals surface area contributed by atoms with Gasteiger partial charge < -0.3 is 20.1 Å². The summed E-state index contributed by atoms with van der Waals surface area (Å²) in [7, 11) is 1.57. The number of benzene rings is 3. The second-order valence-corrected chi connectivity index (χ2v) is 6.24. The van der Waals surface area contributed by atoms with Crippen molar-refractivity contribution in [3.05, 3.63) is 78.4 Å². The number of hydrogen-bond donors (Lipinski definition) is 2. The first-order valence-electron chi connectivity index (χ1n) is 9.19. The molecule has 0 aliphatic rings. The zero-order chi connectivity index (χ0) is 19.8. The highest BCUT2D eigenvalue weighted by molar-refractivity contribution is 5.92. The minimum atomic E-state index is -0.234. The number of carbonyl (C=O) groups excluding carboxylic acids is 1. The van der Waals surface area contributed by atoms with Gasteiger partial charge in [0.25, 0.3) is 5.91 Å². The Morgan fingerprint density at radius 1 is 0.821 bits per heavy atom. The monoisotopic (exact) mass is 376 g/mol. The molecule has 5 heteroatoms. The van der Waals surface area contributed by atoms with Gasteiger partial charge in [-0.25, -0.2) is 0 Å². The van der Waals surface area contributed by atoms with Crippen LogP contribution in [0.2, 0.25) is 0 Å². The second kappa shape index (κ2) is 9.46. The number of carbonyl (C=O) groups is 1. The van der Waals surface area contributed by atoms with Gasteiger partial charge in [-0.15, -0.1) is 0 Å². The number of rotatable bonds is 8. The highest BCUT2D eigenvalue weighted by atomic mass is 16.5. The third kappa shape index (κ3) is 5.27. The molecule has 0 aliphatic heterocycles. The quantitative estimate of drug-likeness (QED) is 0.580. The Balaban J connectivity index is 1.52. The molecule has 0 saturated heterocycles. The van der Waals surface area contributed by atoms with Crippen molar-refractivity contribution in [1.82, 2.24) is 0 Å². The van der Waals surface area contributed by atoms with Crippen LogP contribution >= 0.6 is 0 Å². The van der Waals surface area contributed by atoms with E-state index >= 15 is 0 Å². The molecule has 2 N–H and O–H groups in total. The largest absolute Gasteiger partial charge is 0.493 e. The van der Waals surface area contributed by atoms with Crippen molar-refractivity contribution < 1.29 is 14.3 Å². The van der Waals surface area contributed by atoms with Gasteiger partial charge in [0.1, 0.15) is 0 Å². The zero-order valence-electron chi connectivity index (χ0n) is 16.1. The smallest absolute Gasteiger partial charge is 0.262 e. The fourth-order valence-corrected chi connectivity index (χ4v) is 2.71. The standard InChI is InChI=1S/C23H24N2O3/c1-3-17-8-10-18(11-9-17)24-19-12-14-20(15-13-19)25-23(26)16-28-22-7-5-4-6-21(22)27-2/h4-15,24H,3,16H2,1-2H3,(H,25,26). The van der Waals surface area contributed by atoms with Crippen LogP contribution in [0.3, 0.4) is 0 Å². The fraction of sp³-hybridized carbons (Fsp3) is 0.174. The van der Waals surface area contributed by atoms with E-state index < -0.39 is 0 Å². The first-order valence-corrected chi connectivity index (χ1v) is 9.19. The summed E-state index contributed by atoms with van der Waals surface area (Å²) in [5.41, 5.74) is 3.99. The Hall–Kier alpha value is -3.47. The van der Waals surface area contributed by atoms with E-state index in [2.05, 4.69) is 41.8 Å². The molecule has 0 radical (unpaired) electrons. The predicted molar refractivity (Wildman–Crippen MR) is 113 cm³/mol. The molecule has 144 valence electrons. The Morgan fingerprint density at radius 3 is 2.00 bits per heavy atom. The molecule has 28 heavy (non-hydrogen) atoms. The van der Waals surface area contributed by atoms with Gasteiger partial charge in [-0.2, -0.15) is 0 Å². The van der Waals surface area contributed by atoms with Gasteiger partial charge in [0.05, 0.1) is 7.11 Å². The number of aryl methyl sites for hydroxylation is 1. The Kier molecular flexibility index (Phi) is 6.52. The molecule has 0 heterocycles. The molecular formula is C23H24N2O3. The molecule has 0 aromatic heterocycles. The number of methoxy groups -OCH3 is 1. The van der Waals surface area contributed by atoms with E-state index in [1.54, 1.807) is 19.2 Å². The van der Waals surface area contributed by atoms with Crippen molar-refractivity contribution in [2.45, 2.75) is 13.3 Å². The minimum absolute atomic E-state index is 0.0931. The highest BCUT2D eigenvalue weighted by Gasteiger charge is 2.07. The van der Waals surface area contributed by atoms with Crippen LogP contribution in [0.25, 0.3) is 0 Å². The Labute approximate surface area is 165 Å². The average Bonchev–Trinajstić information content (AvgIpc) is 2.74. The first-order chi connectivity index (χ1) is 13.7. The molecular weight excluding hydrogens is 352 g/mol. The summed E-state index contributed by atoms with van der Waals surface area (Å²) in [5, 5.41) is 6.17. The third-order valence-corrected chi connectivity index (χ3v) is 4.25. The van der Waals surface area contributed by atoms with Crippen molar-refractivity contribution in [1.29, 1.82) is 0 Å². The maximum atomic E-state index is 12.1. The van der Waals surface area contributed by atoms with Crippen molar-refractivity contribution in [3.8, 4) is 11.5 Å². The average molecular weight is 376 g/mol.